The van der Waals surface area contributed by atoms with Crippen LogP contribution >= 0.6 is 0 Å². The molecular weight excluding hydrogens is 250 g/mol. The van der Waals surface area contributed by atoms with E-state index in [9.17, 15) is 0 Å². The second-order valence-corrected chi connectivity index (χ2v) is 5.68. The van der Waals surface area contributed by atoms with Gasteiger partial charge in [-0.05, 0) is 38.1 Å². The molecule has 0 bridgehead atoms. The molecule has 2 rings (SSSR count). The number of nitrogens with zero attached hydrogens (tertiary/aromatic N) is 2. The number of hydrogen-bond donors (Lipinski definition) is 1. The minimum atomic E-state index is 0.564. The van der Waals surface area contributed by atoms with Crippen LogP contribution in [0, 0.1) is 0 Å². The first kappa shape index (κ1) is 15.3. The van der Waals surface area contributed by atoms with Crippen LogP contribution in [-0.2, 0) is 6.54 Å². The highest BCUT2D eigenvalue weighted by Crippen LogP contribution is 2.14. The number of rotatable bonds is 6. The number of hydrogen-bond acceptors (Lipinski definition) is 4. The van der Waals surface area contributed by atoms with E-state index in [4.69, 9.17) is 10.5 Å². The van der Waals surface area contributed by atoms with Gasteiger partial charge in [-0.25, -0.2) is 0 Å². The highest BCUT2D eigenvalue weighted by Gasteiger charge is 2.18. The Morgan fingerprint density at radius 3 is 2.70 bits per heavy atom. The minimum Gasteiger partial charge on any atom is -0.494 e. The van der Waals surface area contributed by atoms with Crippen molar-refractivity contribution in [2.45, 2.75) is 25.9 Å². The zero-order valence-electron chi connectivity index (χ0n) is 12.7. The van der Waals surface area contributed by atoms with Gasteiger partial charge in [-0.3, -0.25) is 4.90 Å². The molecule has 1 fully saturated rings. The van der Waals surface area contributed by atoms with Gasteiger partial charge in [0.15, 0.2) is 0 Å². The van der Waals surface area contributed by atoms with Crippen molar-refractivity contribution >= 4 is 0 Å². The van der Waals surface area contributed by atoms with E-state index in [0.29, 0.717) is 12.6 Å². The summed E-state index contributed by atoms with van der Waals surface area (Å²) in [5, 5.41) is 0. The van der Waals surface area contributed by atoms with Crippen molar-refractivity contribution in [3.05, 3.63) is 29.8 Å². The number of likely N-dealkylation sites (N-methyl/N-ethyl adjacent to an activating group) is 1. The van der Waals surface area contributed by atoms with Gasteiger partial charge in [-0.2, -0.15) is 0 Å². The fourth-order valence-electron chi connectivity index (χ4n) is 2.55. The molecule has 4 heteroatoms. The maximum absolute atomic E-state index is 5.84. The van der Waals surface area contributed by atoms with Gasteiger partial charge < -0.3 is 15.4 Å². The highest BCUT2D eigenvalue weighted by molar-refractivity contribution is 5.28. The molecule has 0 spiro atoms. The molecule has 1 atom stereocenters. The predicted molar refractivity (Wildman–Crippen MR) is 83.0 cm³/mol. The average molecular weight is 277 g/mol. The van der Waals surface area contributed by atoms with E-state index in [1.165, 1.54) is 26.2 Å². The van der Waals surface area contributed by atoms with Crippen molar-refractivity contribution < 1.29 is 4.74 Å². The Hall–Kier alpha value is -1.10. The Labute approximate surface area is 122 Å². The van der Waals surface area contributed by atoms with Gasteiger partial charge in [0.1, 0.15) is 5.75 Å². The van der Waals surface area contributed by atoms with Crippen LogP contribution < -0.4 is 10.5 Å². The van der Waals surface area contributed by atoms with Crippen LogP contribution in [0.15, 0.2) is 24.3 Å². The Balaban J connectivity index is 1.72. The van der Waals surface area contributed by atoms with Gasteiger partial charge in [-0.15, -0.1) is 0 Å². The van der Waals surface area contributed by atoms with E-state index in [2.05, 4.69) is 23.8 Å². The van der Waals surface area contributed by atoms with Crippen LogP contribution in [0.3, 0.4) is 0 Å². The summed E-state index contributed by atoms with van der Waals surface area (Å²) in [5.74, 6) is 0.929. The quantitative estimate of drug-likeness (QED) is 0.856. The minimum absolute atomic E-state index is 0.564. The van der Waals surface area contributed by atoms with Crippen molar-refractivity contribution in [3.63, 3.8) is 0 Å². The summed E-state index contributed by atoms with van der Waals surface area (Å²) in [4.78, 5) is 4.94. The summed E-state index contributed by atoms with van der Waals surface area (Å²) in [5.41, 5.74) is 6.76. The molecule has 1 aromatic rings. The molecule has 1 unspecified atom stereocenters. The summed E-state index contributed by atoms with van der Waals surface area (Å²) in [6.07, 6.45) is 1.07. The van der Waals surface area contributed by atoms with Crippen LogP contribution in [0.1, 0.15) is 18.9 Å². The number of ether oxygens (including phenoxy) is 1. The van der Waals surface area contributed by atoms with Crippen LogP contribution in [0.5, 0.6) is 5.75 Å². The fourth-order valence-corrected chi connectivity index (χ4v) is 2.55. The standard InChI is InChI=1S/C16H27N3O/c1-14(19-9-7-18(2)8-10-19)6-11-20-16-5-3-4-15(12-16)13-17/h3-5,12,14H,6-11,13,17H2,1-2H3. The molecule has 1 aromatic carbocycles. The first-order chi connectivity index (χ1) is 9.69. The second-order valence-electron chi connectivity index (χ2n) is 5.68. The second kappa shape index (κ2) is 7.62. The molecule has 1 saturated heterocycles. The van der Waals surface area contributed by atoms with Crippen molar-refractivity contribution in [2.24, 2.45) is 5.73 Å². The third-order valence-electron chi connectivity index (χ3n) is 4.10. The van der Waals surface area contributed by atoms with Gasteiger partial charge >= 0.3 is 0 Å². The highest BCUT2D eigenvalue weighted by atomic mass is 16.5. The largest absolute Gasteiger partial charge is 0.494 e. The molecule has 1 heterocycles. The molecule has 0 aromatic heterocycles. The monoisotopic (exact) mass is 277 g/mol. The molecule has 0 radical (unpaired) electrons. The first-order valence-electron chi connectivity index (χ1n) is 7.53. The summed E-state index contributed by atoms with van der Waals surface area (Å²) in [6.45, 7) is 8.30. The Kier molecular flexibility index (Phi) is 5.83. The van der Waals surface area contributed by atoms with Crippen LogP contribution in [-0.4, -0.2) is 55.7 Å². The van der Waals surface area contributed by atoms with Crippen LogP contribution in [0.25, 0.3) is 0 Å². The van der Waals surface area contributed by atoms with Crippen molar-refractivity contribution in [2.75, 3.05) is 39.8 Å². The molecule has 0 saturated carbocycles. The molecule has 1 aliphatic rings. The first-order valence-corrected chi connectivity index (χ1v) is 7.53. The van der Waals surface area contributed by atoms with E-state index in [-0.39, 0.29) is 0 Å². The maximum Gasteiger partial charge on any atom is 0.119 e. The number of benzene rings is 1. The lowest BCUT2D eigenvalue weighted by Gasteiger charge is -2.36. The SMILES string of the molecule is CC(CCOc1cccc(CN)c1)N1CCN(C)CC1. The summed E-state index contributed by atoms with van der Waals surface area (Å²) < 4.78 is 5.84. The topological polar surface area (TPSA) is 41.7 Å². The Bertz CT molecular complexity index is 402. The zero-order valence-corrected chi connectivity index (χ0v) is 12.7. The van der Waals surface area contributed by atoms with E-state index in [1.54, 1.807) is 0 Å². The summed E-state index contributed by atoms with van der Waals surface area (Å²) in [7, 11) is 2.19. The molecule has 4 nitrogen and oxygen atoms in total. The molecule has 1 aliphatic heterocycles. The van der Waals surface area contributed by atoms with Gasteiger partial charge in [0, 0.05) is 38.8 Å². The fraction of sp³-hybridized carbons (Fsp3) is 0.625. The number of nitrogens with two attached hydrogens (primary N) is 1. The normalized spacial score (nSPS) is 18.9. The molecule has 0 amide bonds. The Morgan fingerprint density at radius 1 is 1.25 bits per heavy atom. The molecule has 0 aliphatic carbocycles. The third-order valence-corrected chi connectivity index (χ3v) is 4.10. The van der Waals surface area contributed by atoms with E-state index in [0.717, 1.165) is 24.3 Å². The lowest BCUT2D eigenvalue weighted by Crippen LogP contribution is -2.48. The van der Waals surface area contributed by atoms with Crippen molar-refractivity contribution in [1.82, 2.24) is 9.80 Å². The van der Waals surface area contributed by atoms with Gasteiger partial charge in [0.2, 0.25) is 0 Å². The zero-order chi connectivity index (χ0) is 14.4. The number of piperazine rings is 1. The molecule has 112 valence electrons. The maximum atomic E-state index is 5.84. The Morgan fingerprint density at radius 2 is 2.00 bits per heavy atom. The average Bonchev–Trinajstić information content (AvgIpc) is 2.48. The molecular formula is C16H27N3O. The molecule has 20 heavy (non-hydrogen) atoms. The molecule has 2 N–H and O–H groups in total. The van der Waals surface area contributed by atoms with E-state index < -0.39 is 0 Å². The van der Waals surface area contributed by atoms with Gasteiger partial charge in [0.05, 0.1) is 6.61 Å². The van der Waals surface area contributed by atoms with Gasteiger partial charge in [0.25, 0.3) is 0 Å². The van der Waals surface area contributed by atoms with Gasteiger partial charge in [-0.1, -0.05) is 12.1 Å². The van der Waals surface area contributed by atoms with Crippen LogP contribution in [0.2, 0.25) is 0 Å². The van der Waals surface area contributed by atoms with E-state index in [1.807, 2.05) is 24.3 Å². The summed E-state index contributed by atoms with van der Waals surface area (Å²) in [6, 6.07) is 8.64. The summed E-state index contributed by atoms with van der Waals surface area (Å²) >= 11 is 0. The smallest absolute Gasteiger partial charge is 0.119 e. The van der Waals surface area contributed by atoms with E-state index >= 15 is 0 Å². The van der Waals surface area contributed by atoms with Crippen molar-refractivity contribution in [3.8, 4) is 5.75 Å². The third kappa shape index (κ3) is 4.47. The lowest BCUT2D eigenvalue weighted by atomic mass is 10.2. The predicted octanol–water partition coefficient (Wildman–Crippen LogP) is 1.55. The lowest BCUT2D eigenvalue weighted by molar-refractivity contribution is 0.106. The van der Waals surface area contributed by atoms with Crippen molar-refractivity contribution in [1.29, 1.82) is 0 Å². The van der Waals surface area contributed by atoms with Crippen LogP contribution in [0.4, 0.5) is 0 Å².